The lowest BCUT2D eigenvalue weighted by Gasteiger charge is -2.50. The molecule has 0 atom stereocenters. The summed E-state index contributed by atoms with van der Waals surface area (Å²) in [4.78, 5) is 0. The van der Waals surface area contributed by atoms with Gasteiger partial charge >= 0.3 is 0 Å². The van der Waals surface area contributed by atoms with E-state index in [0.29, 0.717) is 0 Å². The molecule has 0 amide bonds. The van der Waals surface area contributed by atoms with Crippen LogP contribution in [0.2, 0.25) is 0 Å². The van der Waals surface area contributed by atoms with Gasteiger partial charge in [-0.1, -0.05) is 262 Å². The third-order valence-electron chi connectivity index (χ3n) is 18.6. The van der Waals surface area contributed by atoms with E-state index in [1.54, 1.807) is 0 Å². The van der Waals surface area contributed by atoms with E-state index < -0.39 is 0 Å². The summed E-state index contributed by atoms with van der Waals surface area (Å²) in [5.74, 6) is 0. The van der Waals surface area contributed by atoms with E-state index in [9.17, 15) is 0 Å². The molecular weight excluding hydrogens is 865 g/mol. The van der Waals surface area contributed by atoms with E-state index >= 15 is 0 Å². The fraction of sp³-hybridized carbons (Fsp3) is 0.500. The molecule has 3 aliphatic carbocycles. The van der Waals surface area contributed by atoms with Gasteiger partial charge in [0.1, 0.15) is 0 Å². The summed E-state index contributed by atoms with van der Waals surface area (Å²) in [6.45, 7) is 52.9. The van der Waals surface area contributed by atoms with Crippen LogP contribution in [0.5, 0.6) is 0 Å². The van der Waals surface area contributed by atoms with E-state index in [2.05, 4.69) is 262 Å². The molecule has 0 bridgehead atoms. The first-order valence-electron chi connectivity index (χ1n) is 27.8. The monoisotopic (exact) mass is 957 g/mol. The Balaban J connectivity index is 1.36. The van der Waals surface area contributed by atoms with Crippen LogP contribution in [-0.4, -0.2) is 0 Å². The molecule has 6 aromatic rings. The van der Waals surface area contributed by atoms with Crippen molar-refractivity contribution in [2.24, 2.45) is 0 Å². The molecule has 72 heavy (non-hydrogen) atoms. The van der Waals surface area contributed by atoms with Gasteiger partial charge in [0, 0.05) is 21.7 Å². The maximum absolute atomic E-state index is 2.70. The molecule has 0 radical (unpaired) electrons. The zero-order valence-corrected chi connectivity index (χ0v) is 49.2. The first kappa shape index (κ1) is 52.2. The predicted molar refractivity (Wildman–Crippen MR) is 313 cm³/mol. The minimum Gasteiger partial charge on any atom is -0.0582 e. The number of rotatable bonds is 4. The van der Waals surface area contributed by atoms with Crippen LogP contribution in [0.4, 0.5) is 0 Å². The van der Waals surface area contributed by atoms with Crippen molar-refractivity contribution < 1.29 is 0 Å². The third kappa shape index (κ3) is 8.40. The van der Waals surface area contributed by atoms with Gasteiger partial charge in [-0.15, -0.1) is 0 Å². The molecule has 0 heteroatoms. The molecule has 1 fully saturated rings. The van der Waals surface area contributed by atoms with E-state index in [1.165, 1.54) is 100 Å². The number of hydrogen-bond acceptors (Lipinski definition) is 0. The van der Waals surface area contributed by atoms with Crippen molar-refractivity contribution in [3.05, 3.63) is 187 Å². The topological polar surface area (TPSA) is 0 Å². The SMILES string of the molecule is CC(C)(C)c1ccc(C2(c3cc(C(C)(C)C)cc4c3-c3ccc(C(C)(C)C)cc3C4(C)C)CCC(c3ccc(C(C)(C)C)cc3)(c3cc(C(C)(C)C)cc4c3-c3ccc(C(C)(C)C)cc3C4(C)C)CC2)cc1. The lowest BCUT2D eigenvalue weighted by atomic mass is 9.53. The second kappa shape index (κ2) is 16.4. The van der Waals surface area contributed by atoms with Crippen molar-refractivity contribution in [1.29, 1.82) is 0 Å². The number of hydrogen-bond donors (Lipinski definition) is 0. The minimum absolute atomic E-state index is 0.0310. The molecule has 9 rings (SSSR count). The zero-order valence-electron chi connectivity index (χ0n) is 49.2. The molecule has 380 valence electrons. The van der Waals surface area contributed by atoms with Crippen LogP contribution >= 0.6 is 0 Å². The van der Waals surface area contributed by atoms with Gasteiger partial charge in [0.15, 0.2) is 0 Å². The summed E-state index contributed by atoms with van der Waals surface area (Å²) >= 11 is 0. The Morgan fingerprint density at radius 2 is 0.500 bits per heavy atom. The quantitative estimate of drug-likeness (QED) is 0.165. The highest BCUT2D eigenvalue weighted by Crippen LogP contribution is 2.63. The Kier molecular flexibility index (Phi) is 11.9. The van der Waals surface area contributed by atoms with Gasteiger partial charge in [-0.05, 0) is 158 Å². The predicted octanol–water partition coefficient (Wildman–Crippen LogP) is 19.9. The Labute approximate surface area is 439 Å². The molecule has 0 aliphatic heterocycles. The lowest BCUT2D eigenvalue weighted by molar-refractivity contribution is 0.257. The van der Waals surface area contributed by atoms with Crippen LogP contribution in [0.25, 0.3) is 22.3 Å². The smallest absolute Gasteiger partial charge is 0.0210 e. The van der Waals surface area contributed by atoms with Crippen molar-refractivity contribution in [1.82, 2.24) is 0 Å². The van der Waals surface area contributed by atoms with Gasteiger partial charge < -0.3 is 0 Å². The number of benzene rings is 6. The molecule has 0 aromatic heterocycles. The highest BCUT2D eigenvalue weighted by Gasteiger charge is 2.52. The Hall–Kier alpha value is -4.68. The third-order valence-corrected chi connectivity index (χ3v) is 18.6. The van der Waals surface area contributed by atoms with Gasteiger partial charge in [0.2, 0.25) is 0 Å². The fourth-order valence-corrected chi connectivity index (χ4v) is 13.4. The molecule has 0 spiro atoms. The highest BCUT2D eigenvalue weighted by atomic mass is 14.6. The second-order valence-corrected chi connectivity index (χ2v) is 30.5. The first-order chi connectivity index (χ1) is 32.9. The summed E-state index contributed by atoms with van der Waals surface area (Å²) < 4.78 is 0. The molecule has 0 saturated heterocycles. The number of fused-ring (bicyclic) bond motifs is 6. The Morgan fingerprint density at radius 1 is 0.264 bits per heavy atom. The van der Waals surface area contributed by atoms with Crippen LogP contribution in [0.1, 0.15) is 256 Å². The Bertz CT molecular complexity index is 2850. The van der Waals surface area contributed by atoms with Gasteiger partial charge in [-0.3, -0.25) is 0 Å². The van der Waals surface area contributed by atoms with Crippen LogP contribution in [0.3, 0.4) is 0 Å². The van der Waals surface area contributed by atoms with Crippen molar-refractivity contribution in [2.75, 3.05) is 0 Å². The standard InChI is InChI=1S/C72H92/c1-63(2,3)45-23-27-47(28-24-45)71(59-43-51(67(13,14)15)41-57-61(59)53-33-31-49(65(7,8)9)39-55(53)69(57,19)20)35-37-72(38-36-71,48-29-25-46(26-30-48)64(4,5)6)60-44-52(68(16,17)18)42-58-62(60)54-34-32-50(66(10,11)12)40-56(54)70(58,21)22/h23-34,39-44H,35-38H2,1-22H3. The van der Waals surface area contributed by atoms with Crippen molar-refractivity contribution in [3.63, 3.8) is 0 Å². The van der Waals surface area contributed by atoms with Gasteiger partial charge in [0.25, 0.3) is 0 Å². The van der Waals surface area contributed by atoms with Crippen molar-refractivity contribution in [3.8, 4) is 22.3 Å². The maximum Gasteiger partial charge on any atom is 0.0210 e. The van der Waals surface area contributed by atoms with Gasteiger partial charge in [-0.25, -0.2) is 0 Å². The largest absolute Gasteiger partial charge is 0.0582 e. The minimum atomic E-state index is -0.236. The summed E-state index contributed by atoms with van der Waals surface area (Å²) in [5.41, 5.74) is 25.7. The van der Waals surface area contributed by atoms with Crippen molar-refractivity contribution >= 4 is 0 Å². The molecule has 3 aliphatic rings. The summed E-state index contributed by atoms with van der Waals surface area (Å²) in [6.07, 6.45) is 4.14. The molecule has 0 N–H and O–H groups in total. The summed E-state index contributed by atoms with van der Waals surface area (Å²) in [6, 6.07) is 45.7. The molecule has 0 heterocycles. The fourth-order valence-electron chi connectivity index (χ4n) is 13.4. The first-order valence-corrected chi connectivity index (χ1v) is 27.8. The molecule has 0 unspecified atom stereocenters. The van der Waals surface area contributed by atoms with E-state index in [0.717, 1.165) is 25.7 Å². The normalized spacial score (nSPS) is 20.8. The molecule has 1 saturated carbocycles. The highest BCUT2D eigenvalue weighted by molar-refractivity contribution is 5.87. The van der Waals surface area contributed by atoms with Crippen LogP contribution in [-0.2, 0) is 54.1 Å². The summed E-state index contributed by atoms with van der Waals surface area (Å²) in [7, 11) is 0. The van der Waals surface area contributed by atoms with Crippen LogP contribution in [0.15, 0.2) is 109 Å². The molecular formula is C72H92. The molecule has 0 nitrogen and oxygen atoms in total. The average Bonchev–Trinajstić information content (AvgIpc) is 3.65. The van der Waals surface area contributed by atoms with E-state index in [1.807, 2.05) is 0 Å². The van der Waals surface area contributed by atoms with Gasteiger partial charge in [-0.2, -0.15) is 0 Å². The van der Waals surface area contributed by atoms with Crippen LogP contribution in [0, 0.1) is 0 Å². The average molecular weight is 958 g/mol. The van der Waals surface area contributed by atoms with Crippen molar-refractivity contribution in [2.45, 2.75) is 232 Å². The van der Waals surface area contributed by atoms with E-state index in [4.69, 9.17) is 0 Å². The lowest BCUT2D eigenvalue weighted by Crippen LogP contribution is -2.42. The summed E-state index contributed by atoms with van der Waals surface area (Å²) in [5, 5.41) is 0. The van der Waals surface area contributed by atoms with Crippen LogP contribution < -0.4 is 0 Å². The Morgan fingerprint density at radius 3 is 0.764 bits per heavy atom. The second-order valence-electron chi connectivity index (χ2n) is 30.5. The van der Waals surface area contributed by atoms with Gasteiger partial charge in [0.05, 0.1) is 0 Å². The zero-order chi connectivity index (χ0) is 52.9. The molecule has 6 aromatic carbocycles. The maximum atomic E-state index is 2.70. The van der Waals surface area contributed by atoms with E-state index in [-0.39, 0.29) is 54.1 Å².